The molecule has 1 aliphatic carbocycles. The molecule has 56 valence electrons. The summed E-state index contributed by atoms with van der Waals surface area (Å²) in [6, 6.07) is 0. The molecule has 0 aliphatic heterocycles. The fraction of sp³-hybridized carbons (Fsp3) is 0.500. The molecule has 1 aliphatic rings. The first-order valence-electron chi connectivity index (χ1n) is 3.70. The molecule has 0 amide bonds. The Hall–Kier alpha value is -1.30. The topological polar surface area (TPSA) is 30.7 Å². The highest BCUT2D eigenvalue weighted by atomic mass is 15.4. The molecule has 2 rings (SSSR count). The lowest BCUT2D eigenvalue weighted by atomic mass is 9.78. The van der Waals surface area contributed by atoms with Gasteiger partial charge in [-0.15, -0.1) is 6.42 Å². The molecule has 0 saturated heterocycles. The van der Waals surface area contributed by atoms with Crippen LogP contribution in [0.25, 0.3) is 0 Å². The van der Waals surface area contributed by atoms with Crippen LogP contribution in [0.1, 0.15) is 19.3 Å². The molecule has 3 heteroatoms. The van der Waals surface area contributed by atoms with Gasteiger partial charge >= 0.3 is 0 Å². The van der Waals surface area contributed by atoms with Crippen molar-refractivity contribution in [2.24, 2.45) is 0 Å². The van der Waals surface area contributed by atoms with Gasteiger partial charge in [-0.25, -0.2) is 9.67 Å². The van der Waals surface area contributed by atoms with Crippen LogP contribution in [0, 0.1) is 12.3 Å². The van der Waals surface area contributed by atoms with Crippen LogP contribution in [0.4, 0.5) is 0 Å². The molecule has 0 radical (unpaired) electrons. The van der Waals surface area contributed by atoms with E-state index in [2.05, 4.69) is 16.0 Å². The molecule has 0 aromatic carbocycles. The zero-order valence-corrected chi connectivity index (χ0v) is 6.20. The van der Waals surface area contributed by atoms with Crippen LogP contribution < -0.4 is 0 Å². The Morgan fingerprint density at radius 3 is 2.73 bits per heavy atom. The lowest BCUT2D eigenvalue weighted by Gasteiger charge is -2.36. The van der Waals surface area contributed by atoms with Crippen molar-refractivity contribution in [3.63, 3.8) is 0 Å². The summed E-state index contributed by atoms with van der Waals surface area (Å²) in [6.07, 6.45) is 11.9. The van der Waals surface area contributed by atoms with Gasteiger partial charge in [-0.2, -0.15) is 5.10 Å². The van der Waals surface area contributed by atoms with Crippen molar-refractivity contribution in [3.05, 3.63) is 12.7 Å². The quantitative estimate of drug-likeness (QED) is 0.550. The van der Waals surface area contributed by atoms with Crippen LogP contribution in [-0.2, 0) is 5.54 Å². The van der Waals surface area contributed by atoms with Gasteiger partial charge in [0.25, 0.3) is 0 Å². The van der Waals surface area contributed by atoms with E-state index in [9.17, 15) is 0 Å². The van der Waals surface area contributed by atoms with Gasteiger partial charge in [-0.3, -0.25) is 0 Å². The first-order valence-corrected chi connectivity index (χ1v) is 3.70. The minimum atomic E-state index is -0.142. The van der Waals surface area contributed by atoms with Crippen molar-refractivity contribution in [2.75, 3.05) is 0 Å². The van der Waals surface area contributed by atoms with Crippen LogP contribution in [0.15, 0.2) is 12.7 Å². The summed E-state index contributed by atoms with van der Waals surface area (Å²) in [4.78, 5) is 3.87. The van der Waals surface area contributed by atoms with Gasteiger partial charge < -0.3 is 0 Å². The Balaban J connectivity index is 2.34. The lowest BCUT2D eigenvalue weighted by molar-refractivity contribution is 0.200. The zero-order valence-electron chi connectivity index (χ0n) is 6.20. The van der Waals surface area contributed by atoms with E-state index in [0.29, 0.717) is 0 Å². The molecule has 3 nitrogen and oxygen atoms in total. The SMILES string of the molecule is C#CC1(n2cncn2)CCC1. The molecule has 0 atom stereocenters. The average molecular weight is 147 g/mol. The van der Waals surface area contributed by atoms with Crippen molar-refractivity contribution < 1.29 is 0 Å². The van der Waals surface area contributed by atoms with Crippen LogP contribution in [0.2, 0.25) is 0 Å². The van der Waals surface area contributed by atoms with Crippen molar-refractivity contribution >= 4 is 0 Å². The molecule has 0 N–H and O–H groups in total. The average Bonchev–Trinajstić information content (AvgIpc) is 2.39. The molecule has 1 heterocycles. The third kappa shape index (κ3) is 0.758. The Morgan fingerprint density at radius 2 is 2.36 bits per heavy atom. The maximum Gasteiger partial charge on any atom is 0.137 e. The summed E-state index contributed by atoms with van der Waals surface area (Å²) in [5, 5.41) is 4.04. The van der Waals surface area contributed by atoms with Crippen LogP contribution in [0.5, 0.6) is 0 Å². The molecule has 1 aromatic heterocycles. The van der Waals surface area contributed by atoms with Crippen LogP contribution >= 0.6 is 0 Å². The molecule has 1 fully saturated rings. The van der Waals surface area contributed by atoms with Crippen molar-refractivity contribution in [1.82, 2.24) is 14.8 Å². The molecule has 1 aromatic rings. The van der Waals surface area contributed by atoms with Crippen molar-refractivity contribution in [1.29, 1.82) is 0 Å². The Morgan fingerprint density at radius 1 is 1.55 bits per heavy atom. The highest BCUT2D eigenvalue weighted by Gasteiger charge is 2.37. The summed E-state index contributed by atoms with van der Waals surface area (Å²) >= 11 is 0. The van der Waals surface area contributed by atoms with E-state index in [4.69, 9.17) is 6.42 Å². The molecule has 0 unspecified atom stereocenters. The van der Waals surface area contributed by atoms with E-state index in [0.717, 1.165) is 12.8 Å². The smallest absolute Gasteiger partial charge is 0.137 e. The van der Waals surface area contributed by atoms with E-state index in [-0.39, 0.29) is 5.54 Å². The first kappa shape index (κ1) is 6.41. The maximum absolute atomic E-state index is 5.42. The van der Waals surface area contributed by atoms with Gasteiger partial charge in [0, 0.05) is 0 Å². The number of hydrogen-bond donors (Lipinski definition) is 0. The Bertz CT molecular complexity index is 277. The highest BCUT2D eigenvalue weighted by molar-refractivity contribution is 5.14. The molecule has 0 spiro atoms. The third-order valence-electron chi connectivity index (χ3n) is 2.31. The monoisotopic (exact) mass is 147 g/mol. The minimum Gasteiger partial charge on any atom is -0.235 e. The van der Waals surface area contributed by atoms with E-state index in [1.807, 2.05) is 0 Å². The first-order chi connectivity index (χ1) is 5.37. The molecule has 1 saturated carbocycles. The predicted octanol–water partition coefficient (Wildman–Crippen LogP) is 0.791. The number of terminal acetylenes is 1. The van der Waals surface area contributed by atoms with Gasteiger partial charge in [-0.05, 0) is 19.3 Å². The standard InChI is InChI=1S/C8H9N3/c1-2-8(4-3-5-8)11-7-9-6-10-11/h1,6-7H,3-5H2. The Kier molecular flexibility index (Phi) is 1.22. The van der Waals surface area contributed by atoms with Crippen molar-refractivity contribution in [3.8, 4) is 12.3 Å². The Labute approximate surface area is 65.4 Å². The van der Waals surface area contributed by atoms with E-state index >= 15 is 0 Å². The summed E-state index contributed by atoms with van der Waals surface area (Å²) < 4.78 is 1.79. The number of aromatic nitrogens is 3. The number of nitrogens with zero attached hydrogens (tertiary/aromatic N) is 3. The largest absolute Gasteiger partial charge is 0.235 e. The second-order valence-corrected chi connectivity index (χ2v) is 2.87. The van der Waals surface area contributed by atoms with E-state index in [1.54, 1.807) is 11.0 Å². The van der Waals surface area contributed by atoms with Gasteiger partial charge in [0.1, 0.15) is 18.2 Å². The third-order valence-corrected chi connectivity index (χ3v) is 2.31. The zero-order chi connectivity index (χ0) is 7.73. The van der Waals surface area contributed by atoms with Gasteiger partial charge in [0.2, 0.25) is 0 Å². The summed E-state index contributed by atoms with van der Waals surface area (Å²) in [5.74, 6) is 2.78. The second-order valence-electron chi connectivity index (χ2n) is 2.87. The number of rotatable bonds is 1. The van der Waals surface area contributed by atoms with Gasteiger partial charge in [0.05, 0.1) is 0 Å². The predicted molar refractivity (Wildman–Crippen MR) is 40.7 cm³/mol. The normalized spacial score (nSPS) is 20.3. The van der Waals surface area contributed by atoms with Crippen LogP contribution in [0.3, 0.4) is 0 Å². The maximum atomic E-state index is 5.42. The van der Waals surface area contributed by atoms with E-state index < -0.39 is 0 Å². The molecular weight excluding hydrogens is 138 g/mol. The van der Waals surface area contributed by atoms with Gasteiger partial charge in [-0.1, -0.05) is 5.92 Å². The van der Waals surface area contributed by atoms with E-state index in [1.165, 1.54) is 12.7 Å². The molecule has 0 bridgehead atoms. The van der Waals surface area contributed by atoms with Crippen LogP contribution in [-0.4, -0.2) is 14.8 Å². The fourth-order valence-electron chi connectivity index (χ4n) is 1.38. The van der Waals surface area contributed by atoms with Crippen molar-refractivity contribution in [2.45, 2.75) is 24.8 Å². The summed E-state index contributed by atoms with van der Waals surface area (Å²) in [7, 11) is 0. The molecule has 11 heavy (non-hydrogen) atoms. The lowest BCUT2D eigenvalue weighted by Crippen LogP contribution is -2.39. The summed E-state index contributed by atoms with van der Waals surface area (Å²) in [5.41, 5.74) is -0.142. The second kappa shape index (κ2) is 2.09. The molecular formula is C8H9N3. The highest BCUT2D eigenvalue weighted by Crippen LogP contribution is 2.37. The van der Waals surface area contributed by atoms with Gasteiger partial charge in [0.15, 0.2) is 0 Å². The fourth-order valence-corrected chi connectivity index (χ4v) is 1.38. The number of hydrogen-bond acceptors (Lipinski definition) is 2. The summed E-state index contributed by atoms with van der Waals surface area (Å²) in [6.45, 7) is 0. The minimum absolute atomic E-state index is 0.142.